The normalized spacial score (nSPS) is 38.7. The maximum Gasteiger partial charge on any atom is 0.271 e. The molecular formula is C27H33N3O4S. The third kappa shape index (κ3) is 2.57. The minimum Gasteiger partial charge on any atom is -0.307 e. The second-order valence-corrected chi connectivity index (χ2v) is 13.9. The highest BCUT2D eigenvalue weighted by molar-refractivity contribution is 8.00. The lowest BCUT2D eigenvalue weighted by atomic mass is 9.69. The first-order valence-corrected chi connectivity index (χ1v) is 13.5. The van der Waals surface area contributed by atoms with Crippen molar-refractivity contribution in [2.75, 3.05) is 0 Å². The molecule has 0 amide bonds. The summed E-state index contributed by atoms with van der Waals surface area (Å²) >= 11 is 1.49. The molecule has 6 atom stereocenters. The van der Waals surface area contributed by atoms with E-state index in [1.54, 1.807) is 12.1 Å². The van der Waals surface area contributed by atoms with E-state index >= 15 is 0 Å². The molecule has 8 heteroatoms. The SMILES string of the molecule is CC1(C)[C@H]2CC[C@@]1(C)[C@H](Sc1nc3ccc([N+](=O)[O-])cc3n1[C@@H]1C(=O)[C@H]3CC[C@]1(C)C3(C)C)C2=O. The number of ketones is 2. The standard InChI is InChI=1S/C27H33N3O4S/c1-24(2)15-9-11-26(24,5)21(19(15)31)29-18-13-14(30(33)34)7-8-17(18)28-23(29)35-22-20(32)16-10-12-27(22,6)25(16,3)4/h7-8,13,15-16,21-22H,9-12H2,1-6H3/t15-,16+,21-,22-,26+,27+/m1/s1. The molecule has 4 saturated carbocycles. The number of non-ortho nitro benzene ring substituents is 1. The van der Waals surface area contributed by atoms with Gasteiger partial charge in [-0.1, -0.05) is 53.3 Å². The third-order valence-electron chi connectivity index (χ3n) is 11.3. The molecule has 35 heavy (non-hydrogen) atoms. The van der Waals surface area contributed by atoms with Crippen LogP contribution in [0, 0.1) is 43.6 Å². The van der Waals surface area contributed by atoms with Gasteiger partial charge in [-0.15, -0.1) is 0 Å². The molecule has 4 aliphatic carbocycles. The number of thioether (sulfide) groups is 1. The molecule has 2 aromatic rings. The van der Waals surface area contributed by atoms with Crippen LogP contribution in [0.2, 0.25) is 0 Å². The lowest BCUT2D eigenvalue weighted by molar-refractivity contribution is -0.384. The number of hydrogen-bond acceptors (Lipinski definition) is 6. The maximum atomic E-state index is 13.8. The van der Waals surface area contributed by atoms with Crippen LogP contribution in [-0.4, -0.2) is 31.3 Å². The van der Waals surface area contributed by atoms with Gasteiger partial charge in [-0.3, -0.25) is 19.7 Å². The number of nitro benzene ring substituents is 1. The number of imidazole rings is 1. The summed E-state index contributed by atoms with van der Waals surface area (Å²) in [6, 6.07) is 4.25. The lowest BCUT2D eigenvalue weighted by Gasteiger charge is -2.40. The predicted octanol–water partition coefficient (Wildman–Crippen LogP) is 6.00. The molecule has 0 saturated heterocycles. The van der Waals surface area contributed by atoms with Crippen molar-refractivity contribution in [2.24, 2.45) is 33.5 Å². The zero-order chi connectivity index (χ0) is 25.3. The van der Waals surface area contributed by atoms with Crippen LogP contribution in [0.3, 0.4) is 0 Å². The van der Waals surface area contributed by atoms with Gasteiger partial charge in [0.1, 0.15) is 11.8 Å². The fraction of sp³-hybridized carbons (Fsp3) is 0.667. The average molecular weight is 496 g/mol. The van der Waals surface area contributed by atoms with Gasteiger partial charge in [0.2, 0.25) is 0 Å². The molecule has 0 unspecified atom stereocenters. The molecule has 4 fully saturated rings. The van der Waals surface area contributed by atoms with Crippen molar-refractivity contribution in [1.82, 2.24) is 9.55 Å². The molecule has 0 radical (unpaired) electrons. The highest BCUT2D eigenvalue weighted by atomic mass is 32.2. The fourth-order valence-corrected chi connectivity index (χ4v) is 9.86. The minimum atomic E-state index is -0.444. The number of nitrogens with zero attached hydrogens (tertiary/aromatic N) is 3. The summed E-state index contributed by atoms with van der Waals surface area (Å²) in [4.78, 5) is 43.5. The number of hydrogen-bond donors (Lipinski definition) is 0. The van der Waals surface area contributed by atoms with Crippen LogP contribution in [0.5, 0.6) is 0 Å². The summed E-state index contributed by atoms with van der Waals surface area (Å²) in [7, 11) is 0. The Balaban J connectivity index is 1.54. The smallest absolute Gasteiger partial charge is 0.271 e. The van der Waals surface area contributed by atoms with E-state index in [0.29, 0.717) is 16.2 Å². The zero-order valence-corrected chi connectivity index (χ0v) is 22.1. The molecule has 186 valence electrons. The Kier molecular flexibility index (Phi) is 4.47. The van der Waals surface area contributed by atoms with E-state index in [1.807, 2.05) is 4.57 Å². The molecule has 4 bridgehead atoms. The van der Waals surface area contributed by atoms with Crippen LogP contribution in [-0.2, 0) is 9.59 Å². The molecule has 7 nitrogen and oxygen atoms in total. The number of carbonyl (C=O) groups excluding carboxylic acids is 2. The first kappa shape index (κ1) is 23.2. The number of benzene rings is 1. The van der Waals surface area contributed by atoms with E-state index in [9.17, 15) is 19.7 Å². The van der Waals surface area contributed by atoms with Crippen molar-refractivity contribution in [1.29, 1.82) is 0 Å². The summed E-state index contributed by atoms with van der Waals surface area (Å²) in [5.41, 5.74) is 0.525. The first-order valence-electron chi connectivity index (χ1n) is 12.7. The molecule has 0 N–H and O–H groups in total. The van der Waals surface area contributed by atoms with Gasteiger partial charge in [0.25, 0.3) is 5.69 Å². The van der Waals surface area contributed by atoms with Crippen molar-refractivity contribution in [2.45, 2.75) is 83.7 Å². The quantitative estimate of drug-likeness (QED) is 0.381. The number of rotatable bonds is 4. The summed E-state index contributed by atoms with van der Waals surface area (Å²) in [6.45, 7) is 13.2. The van der Waals surface area contributed by atoms with Gasteiger partial charge in [-0.2, -0.15) is 0 Å². The summed E-state index contributed by atoms with van der Waals surface area (Å²) in [5.74, 6) is 0.489. The number of nitro groups is 1. The van der Waals surface area contributed by atoms with Crippen LogP contribution < -0.4 is 0 Å². The summed E-state index contributed by atoms with van der Waals surface area (Å²) in [6.07, 6.45) is 3.73. The van der Waals surface area contributed by atoms with Crippen molar-refractivity contribution in [3.8, 4) is 0 Å². The second kappa shape index (κ2) is 6.75. The number of fused-ring (bicyclic) bond motifs is 5. The molecule has 1 heterocycles. The van der Waals surface area contributed by atoms with Gasteiger partial charge in [-0.05, 0) is 48.0 Å². The molecule has 1 aromatic carbocycles. The van der Waals surface area contributed by atoms with E-state index in [0.717, 1.165) is 25.7 Å². The zero-order valence-electron chi connectivity index (χ0n) is 21.3. The minimum absolute atomic E-state index is 0.0145. The average Bonchev–Trinajstić information content (AvgIpc) is 3.40. The Morgan fingerprint density at radius 2 is 1.57 bits per heavy atom. The summed E-state index contributed by atoms with van der Waals surface area (Å²) < 4.78 is 1.98. The highest BCUT2D eigenvalue weighted by Gasteiger charge is 2.69. The van der Waals surface area contributed by atoms with Crippen LogP contribution in [0.25, 0.3) is 11.0 Å². The molecule has 0 spiro atoms. The highest BCUT2D eigenvalue weighted by Crippen LogP contribution is 2.70. The van der Waals surface area contributed by atoms with Gasteiger partial charge in [0, 0.05) is 29.4 Å². The van der Waals surface area contributed by atoms with Crippen molar-refractivity contribution in [3.63, 3.8) is 0 Å². The van der Waals surface area contributed by atoms with E-state index < -0.39 is 11.0 Å². The number of Topliss-reactive ketones (excluding diaryl/α,β-unsaturated/α-hetero) is 2. The Labute approximate surface area is 209 Å². The number of aromatic nitrogens is 2. The van der Waals surface area contributed by atoms with E-state index in [-0.39, 0.29) is 56.0 Å². The maximum absolute atomic E-state index is 13.8. The van der Waals surface area contributed by atoms with Gasteiger partial charge in [0.15, 0.2) is 10.9 Å². The molecule has 4 aliphatic rings. The summed E-state index contributed by atoms with van der Waals surface area (Å²) in [5, 5.41) is 12.0. The van der Waals surface area contributed by atoms with Gasteiger partial charge < -0.3 is 4.57 Å². The Morgan fingerprint density at radius 3 is 2.11 bits per heavy atom. The van der Waals surface area contributed by atoms with Crippen molar-refractivity contribution >= 4 is 40.0 Å². The molecule has 6 rings (SSSR count). The molecule has 0 aliphatic heterocycles. The van der Waals surface area contributed by atoms with Crippen LogP contribution >= 0.6 is 11.8 Å². The lowest BCUT2D eigenvalue weighted by Crippen LogP contribution is -2.37. The van der Waals surface area contributed by atoms with Crippen LogP contribution in [0.15, 0.2) is 23.4 Å². The fourth-order valence-electron chi connectivity index (χ4n) is 8.22. The molecular weight excluding hydrogens is 462 g/mol. The van der Waals surface area contributed by atoms with E-state index in [4.69, 9.17) is 4.98 Å². The number of carbonyl (C=O) groups is 2. The predicted molar refractivity (Wildman–Crippen MR) is 134 cm³/mol. The van der Waals surface area contributed by atoms with Crippen molar-refractivity contribution < 1.29 is 14.5 Å². The van der Waals surface area contributed by atoms with Crippen LogP contribution in [0.4, 0.5) is 5.69 Å². The van der Waals surface area contributed by atoms with Crippen molar-refractivity contribution in [3.05, 3.63) is 28.3 Å². The first-order chi connectivity index (χ1) is 16.3. The van der Waals surface area contributed by atoms with Crippen LogP contribution in [0.1, 0.15) is 73.3 Å². The van der Waals surface area contributed by atoms with Gasteiger partial charge in [0.05, 0.1) is 21.2 Å². The third-order valence-corrected chi connectivity index (χ3v) is 12.8. The van der Waals surface area contributed by atoms with E-state index in [2.05, 4.69) is 41.5 Å². The topological polar surface area (TPSA) is 95.1 Å². The second-order valence-electron chi connectivity index (χ2n) is 12.9. The Morgan fingerprint density at radius 1 is 0.971 bits per heavy atom. The Bertz CT molecular complexity index is 1330. The van der Waals surface area contributed by atoms with E-state index in [1.165, 1.54) is 17.8 Å². The van der Waals surface area contributed by atoms with Gasteiger partial charge >= 0.3 is 0 Å². The Hall–Kier alpha value is -2.22. The van der Waals surface area contributed by atoms with Gasteiger partial charge in [-0.25, -0.2) is 4.98 Å². The largest absolute Gasteiger partial charge is 0.307 e. The molecule has 1 aromatic heterocycles. The monoisotopic (exact) mass is 495 g/mol.